The molecule has 0 amide bonds. The minimum atomic E-state index is 0.695. The zero-order chi connectivity index (χ0) is 13.7. The summed E-state index contributed by atoms with van der Waals surface area (Å²) in [7, 11) is 4.15. The third-order valence-corrected chi connectivity index (χ3v) is 3.42. The molecule has 1 saturated carbocycles. The van der Waals surface area contributed by atoms with E-state index in [4.69, 9.17) is 16.3 Å². The second kappa shape index (κ2) is 7.13. The Kier molecular flexibility index (Phi) is 5.49. The molecule has 2 rings (SSSR count). The van der Waals surface area contributed by atoms with Crippen LogP contribution in [0.4, 0.5) is 0 Å². The van der Waals surface area contributed by atoms with Gasteiger partial charge in [0.1, 0.15) is 5.75 Å². The van der Waals surface area contributed by atoms with Gasteiger partial charge in [-0.1, -0.05) is 11.6 Å². The number of ether oxygens (including phenoxy) is 1. The zero-order valence-corrected chi connectivity index (χ0v) is 12.5. The Labute approximate surface area is 120 Å². The maximum absolute atomic E-state index is 6.06. The van der Waals surface area contributed by atoms with Crippen molar-refractivity contribution in [2.45, 2.75) is 31.8 Å². The number of hydrogen-bond donors (Lipinski definition) is 1. The van der Waals surface area contributed by atoms with Crippen LogP contribution in [-0.4, -0.2) is 38.2 Å². The Morgan fingerprint density at radius 3 is 2.84 bits per heavy atom. The summed E-state index contributed by atoms with van der Waals surface area (Å²) >= 11 is 6.06. The van der Waals surface area contributed by atoms with Gasteiger partial charge in [0, 0.05) is 29.7 Å². The summed E-state index contributed by atoms with van der Waals surface area (Å²) in [4.78, 5) is 2.17. The highest BCUT2D eigenvalue weighted by atomic mass is 35.5. The standard InChI is InChI=1S/C15H23ClN2O/c1-18(2)8-3-9-19-15-7-4-13(16)10-12(15)11-17-14-5-6-14/h4,7,10,14,17H,3,5-6,8-9,11H2,1-2H3. The van der Waals surface area contributed by atoms with Gasteiger partial charge in [-0.2, -0.15) is 0 Å². The predicted octanol–water partition coefficient (Wildman–Crippen LogP) is 2.92. The monoisotopic (exact) mass is 282 g/mol. The summed E-state index contributed by atoms with van der Waals surface area (Å²) in [6.45, 7) is 2.63. The fourth-order valence-corrected chi connectivity index (χ4v) is 2.13. The molecule has 1 aromatic rings. The first kappa shape index (κ1) is 14.6. The van der Waals surface area contributed by atoms with Crippen LogP contribution in [0.25, 0.3) is 0 Å². The van der Waals surface area contributed by atoms with Gasteiger partial charge in [-0.15, -0.1) is 0 Å². The molecule has 1 aliphatic carbocycles. The van der Waals surface area contributed by atoms with Crippen molar-refractivity contribution >= 4 is 11.6 Å². The third kappa shape index (κ3) is 5.39. The SMILES string of the molecule is CN(C)CCCOc1ccc(Cl)cc1CNC1CC1. The van der Waals surface area contributed by atoms with E-state index in [1.54, 1.807) is 0 Å². The summed E-state index contributed by atoms with van der Waals surface area (Å²) in [6.07, 6.45) is 3.62. The fourth-order valence-electron chi connectivity index (χ4n) is 1.93. The van der Waals surface area contributed by atoms with E-state index in [2.05, 4.69) is 24.3 Å². The molecule has 3 nitrogen and oxygen atoms in total. The smallest absolute Gasteiger partial charge is 0.123 e. The first-order chi connectivity index (χ1) is 9.15. The highest BCUT2D eigenvalue weighted by Crippen LogP contribution is 2.25. The summed E-state index contributed by atoms with van der Waals surface area (Å²) < 4.78 is 5.87. The number of rotatable bonds is 8. The molecule has 0 saturated heterocycles. The molecule has 0 heterocycles. The number of benzene rings is 1. The van der Waals surface area contributed by atoms with Crippen LogP contribution in [0, 0.1) is 0 Å². The van der Waals surface area contributed by atoms with Gasteiger partial charge in [0.2, 0.25) is 0 Å². The molecule has 0 radical (unpaired) electrons. The molecule has 1 aromatic carbocycles. The number of hydrogen-bond acceptors (Lipinski definition) is 3. The van der Waals surface area contributed by atoms with E-state index in [0.717, 1.165) is 42.5 Å². The zero-order valence-electron chi connectivity index (χ0n) is 11.8. The maximum Gasteiger partial charge on any atom is 0.123 e. The second-order valence-corrected chi connectivity index (χ2v) is 5.85. The molecule has 1 fully saturated rings. The molecular weight excluding hydrogens is 260 g/mol. The summed E-state index contributed by atoms with van der Waals surface area (Å²) in [6, 6.07) is 6.56. The van der Waals surface area contributed by atoms with Gasteiger partial charge in [-0.3, -0.25) is 0 Å². The Morgan fingerprint density at radius 2 is 2.16 bits per heavy atom. The van der Waals surface area contributed by atoms with Gasteiger partial charge in [0.25, 0.3) is 0 Å². The largest absolute Gasteiger partial charge is 0.493 e. The first-order valence-corrected chi connectivity index (χ1v) is 7.32. The van der Waals surface area contributed by atoms with Crippen molar-refractivity contribution in [2.24, 2.45) is 0 Å². The molecule has 0 atom stereocenters. The van der Waals surface area contributed by atoms with Crippen LogP contribution in [0.5, 0.6) is 5.75 Å². The predicted molar refractivity (Wildman–Crippen MR) is 80.0 cm³/mol. The normalized spacial score (nSPS) is 14.9. The Bertz CT molecular complexity index is 405. The molecule has 0 bridgehead atoms. The maximum atomic E-state index is 6.06. The molecule has 1 N–H and O–H groups in total. The van der Waals surface area contributed by atoms with Gasteiger partial charge >= 0.3 is 0 Å². The van der Waals surface area contributed by atoms with E-state index in [-0.39, 0.29) is 0 Å². The lowest BCUT2D eigenvalue weighted by molar-refractivity contribution is 0.279. The van der Waals surface area contributed by atoms with Gasteiger partial charge in [-0.05, 0) is 51.6 Å². The molecule has 19 heavy (non-hydrogen) atoms. The third-order valence-electron chi connectivity index (χ3n) is 3.19. The highest BCUT2D eigenvalue weighted by Gasteiger charge is 2.20. The van der Waals surface area contributed by atoms with E-state index in [1.165, 1.54) is 12.8 Å². The average Bonchev–Trinajstić information content (AvgIpc) is 3.17. The van der Waals surface area contributed by atoms with Gasteiger partial charge in [0.15, 0.2) is 0 Å². The van der Waals surface area contributed by atoms with E-state index >= 15 is 0 Å². The lowest BCUT2D eigenvalue weighted by atomic mass is 10.2. The van der Waals surface area contributed by atoms with Crippen molar-refractivity contribution in [1.29, 1.82) is 0 Å². The van der Waals surface area contributed by atoms with Crippen LogP contribution in [0.15, 0.2) is 18.2 Å². The Balaban J connectivity index is 1.85. The number of nitrogens with zero attached hydrogens (tertiary/aromatic N) is 1. The lowest BCUT2D eigenvalue weighted by Crippen LogP contribution is -2.17. The molecule has 0 aromatic heterocycles. The second-order valence-electron chi connectivity index (χ2n) is 5.41. The van der Waals surface area contributed by atoms with E-state index < -0.39 is 0 Å². The van der Waals surface area contributed by atoms with Crippen molar-refractivity contribution in [3.05, 3.63) is 28.8 Å². The fraction of sp³-hybridized carbons (Fsp3) is 0.600. The minimum absolute atomic E-state index is 0.695. The van der Waals surface area contributed by atoms with E-state index in [1.807, 2.05) is 18.2 Å². The van der Waals surface area contributed by atoms with E-state index in [9.17, 15) is 0 Å². The van der Waals surface area contributed by atoms with Gasteiger partial charge in [-0.25, -0.2) is 0 Å². The van der Waals surface area contributed by atoms with Crippen molar-refractivity contribution in [3.8, 4) is 5.75 Å². The van der Waals surface area contributed by atoms with E-state index in [0.29, 0.717) is 6.04 Å². The lowest BCUT2D eigenvalue weighted by Gasteiger charge is -2.14. The van der Waals surface area contributed by atoms with Crippen LogP contribution in [0.3, 0.4) is 0 Å². The Hall–Kier alpha value is -0.770. The average molecular weight is 283 g/mol. The topological polar surface area (TPSA) is 24.5 Å². The van der Waals surface area contributed by atoms with Gasteiger partial charge < -0.3 is 15.0 Å². The molecular formula is C15H23ClN2O. The van der Waals surface area contributed by atoms with Crippen LogP contribution >= 0.6 is 11.6 Å². The molecule has 1 aliphatic rings. The summed E-state index contributed by atoms with van der Waals surface area (Å²) in [5, 5.41) is 4.27. The number of halogens is 1. The van der Waals surface area contributed by atoms with Crippen molar-refractivity contribution in [1.82, 2.24) is 10.2 Å². The molecule has 4 heteroatoms. The summed E-state index contributed by atoms with van der Waals surface area (Å²) in [5.74, 6) is 0.955. The van der Waals surface area contributed by atoms with Crippen molar-refractivity contribution in [3.63, 3.8) is 0 Å². The molecule has 0 unspecified atom stereocenters. The van der Waals surface area contributed by atoms with Gasteiger partial charge in [0.05, 0.1) is 6.61 Å². The van der Waals surface area contributed by atoms with Crippen LogP contribution in [-0.2, 0) is 6.54 Å². The van der Waals surface area contributed by atoms with Crippen LogP contribution in [0.1, 0.15) is 24.8 Å². The van der Waals surface area contributed by atoms with Crippen LogP contribution < -0.4 is 10.1 Å². The van der Waals surface area contributed by atoms with Crippen molar-refractivity contribution < 1.29 is 4.74 Å². The Morgan fingerprint density at radius 1 is 1.37 bits per heavy atom. The van der Waals surface area contributed by atoms with Crippen molar-refractivity contribution in [2.75, 3.05) is 27.2 Å². The minimum Gasteiger partial charge on any atom is -0.493 e. The highest BCUT2D eigenvalue weighted by molar-refractivity contribution is 6.30. The number of nitrogens with one attached hydrogen (secondary N) is 1. The molecule has 0 aliphatic heterocycles. The quantitative estimate of drug-likeness (QED) is 0.742. The van der Waals surface area contributed by atoms with Crippen LogP contribution in [0.2, 0.25) is 5.02 Å². The molecule has 0 spiro atoms. The summed E-state index contributed by atoms with van der Waals surface area (Å²) in [5.41, 5.74) is 1.16. The first-order valence-electron chi connectivity index (χ1n) is 6.94. The molecule has 106 valence electrons.